The summed E-state index contributed by atoms with van der Waals surface area (Å²) in [6.45, 7) is 6.15. The Morgan fingerprint density at radius 1 is 1.04 bits per heavy atom. The first-order valence-electron chi connectivity index (χ1n) is 8.35. The van der Waals surface area contributed by atoms with Crippen LogP contribution in [0.3, 0.4) is 0 Å². The molecule has 1 amide bonds. The molecule has 0 aliphatic heterocycles. The zero-order valence-corrected chi connectivity index (χ0v) is 14.7. The highest BCUT2D eigenvalue weighted by atomic mass is 16.5. The average Bonchev–Trinajstić information content (AvgIpc) is 2.60. The van der Waals surface area contributed by atoms with Crippen molar-refractivity contribution in [2.45, 2.75) is 33.3 Å². The molecule has 0 radical (unpaired) electrons. The second-order valence-electron chi connectivity index (χ2n) is 5.83. The molecule has 0 spiro atoms. The molecule has 0 aromatic heterocycles. The molecule has 5 nitrogen and oxygen atoms in total. The normalized spacial score (nSPS) is 10.4. The Morgan fingerprint density at radius 3 is 2.36 bits per heavy atom. The number of ether oxygens (including phenoxy) is 2. The van der Waals surface area contributed by atoms with Crippen molar-refractivity contribution in [2.75, 3.05) is 11.9 Å². The van der Waals surface area contributed by atoms with E-state index in [1.165, 1.54) is 0 Å². The summed E-state index contributed by atoms with van der Waals surface area (Å²) in [6, 6.07) is 13.7. The molecular formula is C20H23NO4. The third-order valence-electron chi connectivity index (χ3n) is 3.31. The van der Waals surface area contributed by atoms with Gasteiger partial charge in [-0.15, -0.1) is 0 Å². The van der Waals surface area contributed by atoms with Crippen molar-refractivity contribution >= 4 is 17.6 Å². The van der Waals surface area contributed by atoms with E-state index in [-0.39, 0.29) is 18.0 Å². The van der Waals surface area contributed by atoms with E-state index in [2.05, 4.69) is 5.32 Å². The second kappa shape index (κ2) is 8.87. The van der Waals surface area contributed by atoms with E-state index in [1.54, 1.807) is 42.5 Å². The van der Waals surface area contributed by atoms with Crippen molar-refractivity contribution in [3.8, 4) is 5.75 Å². The first-order chi connectivity index (χ1) is 12.0. The quantitative estimate of drug-likeness (QED) is 0.763. The maximum absolute atomic E-state index is 12.5. The van der Waals surface area contributed by atoms with Gasteiger partial charge < -0.3 is 14.8 Å². The number of anilines is 1. The van der Waals surface area contributed by atoms with E-state index in [0.717, 1.165) is 6.42 Å². The number of para-hydroxylation sites is 1. The summed E-state index contributed by atoms with van der Waals surface area (Å²) in [5.74, 6) is -0.0947. The van der Waals surface area contributed by atoms with Gasteiger partial charge in [0.2, 0.25) is 0 Å². The minimum absolute atomic E-state index is 0.0256. The molecule has 132 valence electrons. The summed E-state index contributed by atoms with van der Waals surface area (Å²) >= 11 is 0. The number of esters is 1. The van der Waals surface area contributed by atoms with Crippen molar-refractivity contribution in [3.05, 3.63) is 59.7 Å². The molecule has 5 heteroatoms. The first kappa shape index (κ1) is 18.5. The van der Waals surface area contributed by atoms with Crippen molar-refractivity contribution in [1.29, 1.82) is 0 Å². The average molecular weight is 341 g/mol. The topological polar surface area (TPSA) is 64.6 Å². The summed E-state index contributed by atoms with van der Waals surface area (Å²) < 4.78 is 10.7. The Bertz CT molecular complexity index is 723. The molecule has 0 aliphatic rings. The van der Waals surface area contributed by atoms with Crippen LogP contribution in [-0.2, 0) is 4.74 Å². The lowest BCUT2D eigenvalue weighted by Crippen LogP contribution is -2.15. The van der Waals surface area contributed by atoms with Crippen LogP contribution in [0.1, 0.15) is 47.9 Å². The number of nitrogens with one attached hydrogen (secondary N) is 1. The Morgan fingerprint density at radius 2 is 1.72 bits per heavy atom. The Kier molecular flexibility index (Phi) is 6.57. The molecule has 25 heavy (non-hydrogen) atoms. The fraction of sp³-hybridized carbons (Fsp3) is 0.300. The predicted octanol–water partition coefficient (Wildman–Crippen LogP) is 4.29. The van der Waals surface area contributed by atoms with E-state index in [1.807, 2.05) is 26.8 Å². The Balaban J connectivity index is 2.07. The summed E-state index contributed by atoms with van der Waals surface area (Å²) in [5, 5.41) is 2.81. The number of carbonyl (C=O) groups excluding carboxylic acids is 2. The molecule has 0 atom stereocenters. The zero-order valence-electron chi connectivity index (χ0n) is 14.7. The third kappa shape index (κ3) is 5.35. The maximum atomic E-state index is 12.5. The number of hydrogen-bond acceptors (Lipinski definition) is 4. The van der Waals surface area contributed by atoms with Crippen LogP contribution in [0, 0.1) is 0 Å². The van der Waals surface area contributed by atoms with Crippen molar-refractivity contribution in [2.24, 2.45) is 0 Å². The highest BCUT2D eigenvalue weighted by Gasteiger charge is 2.14. The van der Waals surface area contributed by atoms with Crippen LogP contribution >= 0.6 is 0 Å². The van der Waals surface area contributed by atoms with Gasteiger partial charge in [0.25, 0.3) is 5.91 Å². The van der Waals surface area contributed by atoms with Crippen LogP contribution < -0.4 is 10.1 Å². The van der Waals surface area contributed by atoms with Gasteiger partial charge in [-0.3, -0.25) is 4.79 Å². The van der Waals surface area contributed by atoms with Gasteiger partial charge in [-0.2, -0.15) is 0 Å². The third-order valence-corrected chi connectivity index (χ3v) is 3.31. The molecule has 2 aromatic carbocycles. The fourth-order valence-electron chi connectivity index (χ4n) is 2.18. The van der Waals surface area contributed by atoms with Crippen molar-refractivity contribution < 1.29 is 19.1 Å². The molecule has 0 saturated heterocycles. The van der Waals surface area contributed by atoms with Crippen molar-refractivity contribution in [3.63, 3.8) is 0 Å². The van der Waals surface area contributed by atoms with Crippen LogP contribution in [0.2, 0.25) is 0 Å². The lowest BCUT2D eigenvalue weighted by atomic mass is 10.1. The molecule has 0 fully saturated rings. The van der Waals surface area contributed by atoms with Gasteiger partial charge in [0.1, 0.15) is 5.75 Å². The zero-order chi connectivity index (χ0) is 18.2. The van der Waals surface area contributed by atoms with Crippen LogP contribution in [0.15, 0.2) is 48.5 Å². The van der Waals surface area contributed by atoms with Crippen LogP contribution in [0.5, 0.6) is 5.75 Å². The molecule has 0 saturated carbocycles. The van der Waals surface area contributed by atoms with Gasteiger partial charge >= 0.3 is 5.97 Å². The highest BCUT2D eigenvalue weighted by Crippen LogP contribution is 2.21. The van der Waals surface area contributed by atoms with Gasteiger partial charge in [0.15, 0.2) is 0 Å². The standard InChI is InChI=1S/C20H23NO4/c1-4-13-24-20(23)15-9-11-16(12-10-15)21-19(22)17-7-5-6-8-18(17)25-14(2)3/h5-12,14H,4,13H2,1-3H3,(H,21,22). The summed E-state index contributed by atoms with van der Waals surface area (Å²) in [4.78, 5) is 24.3. The second-order valence-corrected chi connectivity index (χ2v) is 5.83. The van der Waals surface area contributed by atoms with Crippen LogP contribution in [0.4, 0.5) is 5.69 Å². The molecule has 0 heterocycles. The number of amides is 1. The summed E-state index contributed by atoms with van der Waals surface area (Å²) in [6.07, 6.45) is 0.750. The fourth-order valence-corrected chi connectivity index (χ4v) is 2.18. The van der Waals surface area contributed by atoms with Crippen LogP contribution in [0.25, 0.3) is 0 Å². The van der Waals surface area contributed by atoms with Gasteiger partial charge in [-0.25, -0.2) is 4.79 Å². The van der Waals surface area contributed by atoms with Gasteiger partial charge in [0.05, 0.1) is 23.8 Å². The SMILES string of the molecule is CCCOC(=O)c1ccc(NC(=O)c2ccccc2OC(C)C)cc1. The molecule has 2 aromatic rings. The number of rotatable bonds is 7. The smallest absolute Gasteiger partial charge is 0.338 e. The minimum atomic E-state index is -0.365. The largest absolute Gasteiger partial charge is 0.490 e. The Hall–Kier alpha value is -2.82. The van der Waals surface area contributed by atoms with Gasteiger partial charge in [-0.1, -0.05) is 19.1 Å². The molecule has 0 unspecified atom stereocenters. The van der Waals surface area contributed by atoms with E-state index in [0.29, 0.717) is 29.2 Å². The van der Waals surface area contributed by atoms with E-state index in [9.17, 15) is 9.59 Å². The molecule has 0 bridgehead atoms. The molecular weight excluding hydrogens is 318 g/mol. The number of hydrogen-bond donors (Lipinski definition) is 1. The predicted molar refractivity (Wildman–Crippen MR) is 97.2 cm³/mol. The summed E-state index contributed by atoms with van der Waals surface area (Å²) in [5.41, 5.74) is 1.51. The first-order valence-corrected chi connectivity index (χ1v) is 8.35. The maximum Gasteiger partial charge on any atom is 0.338 e. The van der Waals surface area contributed by atoms with Gasteiger partial charge in [-0.05, 0) is 56.7 Å². The van der Waals surface area contributed by atoms with Gasteiger partial charge in [0, 0.05) is 5.69 Å². The monoisotopic (exact) mass is 341 g/mol. The summed E-state index contributed by atoms with van der Waals surface area (Å²) in [7, 11) is 0. The lowest BCUT2D eigenvalue weighted by Gasteiger charge is -2.14. The van der Waals surface area contributed by atoms with Crippen molar-refractivity contribution in [1.82, 2.24) is 0 Å². The van der Waals surface area contributed by atoms with Crippen LogP contribution in [-0.4, -0.2) is 24.6 Å². The lowest BCUT2D eigenvalue weighted by molar-refractivity contribution is 0.0505. The van der Waals surface area contributed by atoms with E-state index in [4.69, 9.17) is 9.47 Å². The number of carbonyl (C=O) groups is 2. The Labute approximate surface area is 148 Å². The minimum Gasteiger partial charge on any atom is -0.490 e. The molecule has 0 aliphatic carbocycles. The highest BCUT2D eigenvalue weighted by molar-refractivity contribution is 6.06. The molecule has 2 rings (SSSR count). The van der Waals surface area contributed by atoms with E-state index >= 15 is 0 Å². The number of benzene rings is 2. The van der Waals surface area contributed by atoms with E-state index < -0.39 is 0 Å². The molecule has 1 N–H and O–H groups in total.